The number of amides is 3. The number of hydrogen-bond donors (Lipinski definition) is 1. The van der Waals surface area contributed by atoms with Gasteiger partial charge in [-0.05, 0) is 65.2 Å². The van der Waals surface area contributed by atoms with Gasteiger partial charge in [0, 0.05) is 36.5 Å². The number of benzene rings is 2. The minimum Gasteiger partial charge on any atom is -0.350 e. The topological polar surface area (TPSA) is 71.4 Å². The standard InChI is InChI=1S/C26H19Br2N3O3S2/c27-18-5-3-16(4-6-18)13-31-25(33)23(36-26(31)34)10-17-14-30(22-8-7-19(28)11-21(17)22)15-24(32)29-12-20-2-1-9-35-20/h1-11,14H,12-13,15H2,(H,29,32)/b23-10-. The Labute approximate surface area is 232 Å². The van der Waals surface area contributed by atoms with Crippen LogP contribution in [0.2, 0.25) is 0 Å². The average Bonchev–Trinajstić information content (AvgIpc) is 3.55. The molecule has 3 amide bonds. The molecule has 5 rings (SSSR count). The van der Waals surface area contributed by atoms with Crippen molar-refractivity contribution in [1.29, 1.82) is 0 Å². The van der Waals surface area contributed by atoms with Crippen molar-refractivity contribution in [1.82, 2.24) is 14.8 Å². The second kappa shape index (κ2) is 10.8. The maximum Gasteiger partial charge on any atom is 0.293 e. The molecule has 0 aliphatic carbocycles. The summed E-state index contributed by atoms with van der Waals surface area (Å²) in [5.41, 5.74) is 2.51. The molecule has 1 aliphatic heterocycles. The third kappa shape index (κ3) is 5.51. The summed E-state index contributed by atoms with van der Waals surface area (Å²) in [6.07, 6.45) is 3.59. The fraction of sp³-hybridized carbons (Fsp3) is 0.115. The lowest BCUT2D eigenvalue weighted by Gasteiger charge is -2.12. The summed E-state index contributed by atoms with van der Waals surface area (Å²) in [4.78, 5) is 41.1. The van der Waals surface area contributed by atoms with Crippen LogP contribution in [0.3, 0.4) is 0 Å². The Bertz CT molecular complexity index is 1490. The lowest BCUT2D eigenvalue weighted by molar-refractivity contribution is -0.123. The molecule has 1 saturated heterocycles. The fourth-order valence-corrected chi connectivity index (χ4v) is 6.00. The number of carbonyl (C=O) groups excluding carboxylic acids is 3. The van der Waals surface area contributed by atoms with Crippen LogP contribution < -0.4 is 5.32 Å². The summed E-state index contributed by atoms with van der Waals surface area (Å²) in [5, 5.41) is 5.51. The molecule has 2 aromatic heterocycles. The van der Waals surface area contributed by atoms with Gasteiger partial charge in [0.25, 0.3) is 11.1 Å². The summed E-state index contributed by atoms with van der Waals surface area (Å²) < 4.78 is 3.68. The number of fused-ring (bicyclic) bond motifs is 1. The first-order valence-electron chi connectivity index (χ1n) is 10.9. The fourth-order valence-electron chi connectivity index (χ4n) is 3.90. The molecule has 182 valence electrons. The van der Waals surface area contributed by atoms with Crippen LogP contribution in [-0.4, -0.2) is 26.5 Å². The molecule has 1 aliphatic rings. The minimum atomic E-state index is -0.322. The maximum absolute atomic E-state index is 13.1. The zero-order chi connectivity index (χ0) is 25.2. The van der Waals surface area contributed by atoms with E-state index in [9.17, 15) is 14.4 Å². The summed E-state index contributed by atoms with van der Waals surface area (Å²) >= 11 is 9.44. The van der Waals surface area contributed by atoms with E-state index in [-0.39, 0.29) is 30.1 Å². The molecule has 1 N–H and O–H groups in total. The van der Waals surface area contributed by atoms with E-state index in [4.69, 9.17) is 0 Å². The molecule has 10 heteroatoms. The number of rotatable bonds is 7. The van der Waals surface area contributed by atoms with Crippen molar-refractivity contribution in [3.63, 3.8) is 0 Å². The van der Waals surface area contributed by atoms with Gasteiger partial charge in [-0.15, -0.1) is 11.3 Å². The molecular weight excluding hydrogens is 626 g/mol. The lowest BCUT2D eigenvalue weighted by atomic mass is 10.1. The van der Waals surface area contributed by atoms with E-state index in [0.717, 1.165) is 47.6 Å². The summed E-state index contributed by atoms with van der Waals surface area (Å²) in [6.45, 7) is 0.842. The van der Waals surface area contributed by atoms with Gasteiger partial charge in [0.1, 0.15) is 6.54 Å². The van der Waals surface area contributed by atoms with E-state index in [1.807, 2.05) is 70.7 Å². The van der Waals surface area contributed by atoms with Crippen LogP contribution in [-0.2, 0) is 29.2 Å². The molecule has 0 spiro atoms. The van der Waals surface area contributed by atoms with E-state index in [1.54, 1.807) is 17.4 Å². The van der Waals surface area contributed by atoms with Gasteiger partial charge in [-0.2, -0.15) is 0 Å². The molecule has 0 saturated carbocycles. The molecular formula is C26H19Br2N3O3S2. The third-order valence-corrected chi connectivity index (χ3v) is 8.45. The van der Waals surface area contributed by atoms with Crippen molar-refractivity contribution < 1.29 is 14.4 Å². The highest BCUT2D eigenvalue weighted by Gasteiger charge is 2.35. The monoisotopic (exact) mass is 643 g/mol. The molecule has 0 bridgehead atoms. The highest BCUT2D eigenvalue weighted by atomic mass is 79.9. The number of thiophene rings is 1. The minimum absolute atomic E-state index is 0.107. The first kappa shape index (κ1) is 25.0. The Morgan fingerprint density at radius 3 is 2.56 bits per heavy atom. The predicted octanol–water partition coefficient (Wildman–Crippen LogP) is 6.78. The Morgan fingerprint density at radius 1 is 1.03 bits per heavy atom. The van der Waals surface area contributed by atoms with Gasteiger partial charge in [0.15, 0.2) is 0 Å². The molecule has 36 heavy (non-hydrogen) atoms. The zero-order valence-electron chi connectivity index (χ0n) is 18.7. The number of thioether (sulfide) groups is 1. The van der Waals surface area contributed by atoms with Gasteiger partial charge in [0.2, 0.25) is 5.91 Å². The highest BCUT2D eigenvalue weighted by Crippen LogP contribution is 2.35. The average molecular weight is 645 g/mol. The zero-order valence-corrected chi connectivity index (χ0v) is 23.5. The van der Waals surface area contributed by atoms with E-state index < -0.39 is 0 Å². The van der Waals surface area contributed by atoms with Crippen molar-refractivity contribution in [2.24, 2.45) is 0 Å². The number of imide groups is 1. The predicted molar refractivity (Wildman–Crippen MR) is 151 cm³/mol. The van der Waals surface area contributed by atoms with Crippen molar-refractivity contribution in [2.75, 3.05) is 0 Å². The van der Waals surface area contributed by atoms with E-state index in [2.05, 4.69) is 37.2 Å². The summed E-state index contributed by atoms with van der Waals surface area (Å²) in [7, 11) is 0. The van der Waals surface area contributed by atoms with Crippen molar-refractivity contribution in [3.8, 4) is 0 Å². The van der Waals surface area contributed by atoms with Gasteiger partial charge >= 0.3 is 0 Å². The maximum atomic E-state index is 13.1. The number of nitrogens with one attached hydrogen (secondary N) is 1. The molecule has 0 radical (unpaired) electrons. The van der Waals surface area contributed by atoms with Gasteiger partial charge in [0.05, 0.1) is 18.0 Å². The molecule has 6 nitrogen and oxygen atoms in total. The number of nitrogens with zero attached hydrogens (tertiary/aromatic N) is 2. The van der Waals surface area contributed by atoms with E-state index >= 15 is 0 Å². The van der Waals surface area contributed by atoms with Gasteiger partial charge in [-0.1, -0.05) is 50.1 Å². The Morgan fingerprint density at radius 2 is 1.81 bits per heavy atom. The van der Waals surface area contributed by atoms with Crippen LogP contribution in [0.4, 0.5) is 4.79 Å². The molecule has 2 aromatic carbocycles. The van der Waals surface area contributed by atoms with E-state index in [1.165, 1.54) is 4.90 Å². The van der Waals surface area contributed by atoms with Crippen LogP contribution in [0, 0.1) is 0 Å². The second-order valence-corrected chi connectivity index (χ2v) is 12.0. The Kier molecular flexibility index (Phi) is 7.47. The largest absolute Gasteiger partial charge is 0.350 e. The Balaban J connectivity index is 1.39. The summed E-state index contributed by atoms with van der Waals surface area (Å²) in [6, 6.07) is 17.3. The number of halogens is 2. The first-order chi connectivity index (χ1) is 17.4. The smallest absolute Gasteiger partial charge is 0.293 e. The first-order valence-corrected chi connectivity index (χ1v) is 14.2. The van der Waals surface area contributed by atoms with Crippen LogP contribution in [0.25, 0.3) is 17.0 Å². The Hall–Kier alpha value is -2.66. The number of aromatic nitrogens is 1. The van der Waals surface area contributed by atoms with Gasteiger partial charge in [-0.25, -0.2) is 0 Å². The molecule has 1 fully saturated rings. The second-order valence-electron chi connectivity index (χ2n) is 8.12. The molecule has 0 unspecified atom stereocenters. The van der Waals surface area contributed by atoms with Gasteiger partial charge in [-0.3, -0.25) is 19.3 Å². The van der Waals surface area contributed by atoms with E-state index in [0.29, 0.717) is 11.4 Å². The van der Waals surface area contributed by atoms with Crippen LogP contribution >= 0.6 is 55.0 Å². The van der Waals surface area contributed by atoms with Crippen LogP contribution in [0.1, 0.15) is 16.0 Å². The van der Waals surface area contributed by atoms with Crippen LogP contribution in [0.15, 0.2) is 80.0 Å². The number of hydrogen-bond acceptors (Lipinski definition) is 5. The molecule has 4 aromatic rings. The van der Waals surface area contributed by atoms with Gasteiger partial charge < -0.3 is 9.88 Å². The normalized spacial score (nSPS) is 14.8. The third-order valence-electron chi connectivity index (χ3n) is 5.64. The quantitative estimate of drug-likeness (QED) is 0.225. The van der Waals surface area contributed by atoms with Crippen molar-refractivity contribution in [2.45, 2.75) is 19.6 Å². The number of carbonyl (C=O) groups is 3. The summed E-state index contributed by atoms with van der Waals surface area (Å²) in [5.74, 6) is -0.429. The van der Waals surface area contributed by atoms with Crippen molar-refractivity contribution in [3.05, 3.63) is 96.0 Å². The lowest BCUT2D eigenvalue weighted by Crippen LogP contribution is -2.27. The van der Waals surface area contributed by atoms with Crippen LogP contribution in [0.5, 0.6) is 0 Å². The van der Waals surface area contributed by atoms with Crippen molar-refractivity contribution >= 4 is 89.0 Å². The SMILES string of the molecule is O=C(Cn1cc(/C=C2\SC(=O)N(Cc3ccc(Br)cc3)C2=O)c2cc(Br)ccc21)NCc1cccs1. The molecule has 0 atom stereocenters. The molecule has 3 heterocycles. The highest BCUT2D eigenvalue weighted by molar-refractivity contribution is 9.10.